The molecule has 21 heavy (non-hydrogen) atoms. The van der Waals surface area contributed by atoms with Crippen LogP contribution < -0.4 is 11.2 Å². The van der Waals surface area contributed by atoms with Gasteiger partial charge in [-0.2, -0.15) is 0 Å². The predicted molar refractivity (Wildman–Crippen MR) is 85.7 cm³/mol. The van der Waals surface area contributed by atoms with Crippen molar-refractivity contribution in [1.82, 2.24) is 9.55 Å². The summed E-state index contributed by atoms with van der Waals surface area (Å²) in [6.07, 6.45) is 4.17. The highest BCUT2D eigenvalue weighted by atomic mass is 35.5. The molecule has 1 N–H and O–H groups in total. The van der Waals surface area contributed by atoms with E-state index in [-0.39, 0.29) is 16.6 Å². The number of thiophene rings is 1. The molecule has 2 aromatic heterocycles. The van der Waals surface area contributed by atoms with Crippen molar-refractivity contribution in [2.45, 2.75) is 45.1 Å². The summed E-state index contributed by atoms with van der Waals surface area (Å²) in [5.41, 5.74) is 1.02. The number of nitrogens with one attached hydrogen (secondary N) is 1. The molecule has 0 bridgehead atoms. The Morgan fingerprint density at radius 2 is 2.10 bits per heavy atom. The fourth-order valence-corrected chi connectivity index (χ4v) is 4.19. The van der Waals surface area contributed by atoms with Gasteiger partial charge in [-0.15, -0.1) is 11.3 Å². The molecule has 112 valence electrons. The Morgan fingerprint density at radius 1 is 1.38 bits per heavy atom. The van der Waals surface area contributed by atoms with Gasteiger partial charge in [-0.3, -0.25) is 14.3 Å². The summed E-state index contributed by atoms with van der Waals surface area (Å²) < 4.78 is 1.28. The van der Waals surface area contributed by atoms with Crippen LogP contribution in [0.5, 0.6) is 0 Å². The molecule has 2 aromatic rings. The van der Waals surface area contributed by atoms with E-state index in [0.29, 0.717) is 12.1 Å². The molecule has 4 nitrogen and oxygen atoms in total. The number of nitrogens with zero attached hydrogens (tertiary/aromatic N) is 1. The van der Waals surface area contributed by atoms with E-state index in [0.717, 1.165) is 36.1 Å². The fourth-order valence-electron chi connectivity index (χ4n) is 2.98. The summed E-state index contributed by atoms with van der Waals surface area (Å²) in [4.78, 5) is 28.5. The van der Waals surface area contributed by atoms with Crippen molar-refractivity contribution in [3.63, 3.8) is 0 Å². The van der Waals surface area contributed by atoms with Gasteiger partial charge in [0.2, 0.25) is 0 Å². The Morgan fingerprint density at radius 3 is 2.71 bits per heavy atom. The molecule has 0 unspecified atom stereocenters. The Hall–Kier alpha value is -1.33. The molecule has 3 rings (SSSR count). The molecule has 0 radical (unpaired) electrons. The first-order valence-electron chi connectivity index (χ1n) is 7.13. The summed E-state index contributed by atoms with van der Waals surface area (Å²) >= 11 is 7.69. The van der Waals surface area contributed by atoms with Crippen LogP contribution in [0.25, 0.3) is 0 Å². The molecule has 1 aliphatic rings. The molecule has 2 heterocycles. The van der Waals surface area contributed by atoms with Gasteiger partial charge >= 0.3 is 5.69 Å². The van der Waals surface area contributed by atoms with E-state index in [1.165, 1.54) is 4.57 Å². The lowest BCUT2D eigenvalue weighted by atomic mass is 10.0. The van der Waals surface area contributed by atoms with E-state index in [4.69, 9.17) is 11.6 Å². The van der Waals surface area contributed by atoms with E-state index >= 15 is 0 Å². The van der Waals surface area contributed by atoms with Gasteiger partial charge in [-0.1, -0.05) is 24.4 Å². The Kier molecular flexibility index (Phi) is 4.04. The summed E-state index contributed by atoms with van der Waals surface area (Å²) in [5, 5.41) is 2.19. The monoisotopic (exact) mass is 324 g/mol. The molecule has 0 aliphatic heterocycles. The topological polar surface area (TPSA) is 54.9 Å². The van der Waals surface area contributed by atoms with Crippen LogP contribution in [-0.2, 0) is 6.54 Å². The van der Waals surface area contributed by atoms with Crippen molar-refractivity contribution >= 4 is 22.9 Å². The van der Waals surface area contributed by atoms with Gasteiger partial charge in [0, 0.05) is 4.88 Å². The maximum absolute atomic E-state index is 12.7. The fraction of sp³-hybridized carbons (Fsp3) is 0.467. The van der Waals surface area contributed by atoms with E-state index in [9.17, 15) is 9.59 Å². The van der Waals surface area contributed by atoms with Gasteiger partial charge in [0.15, 0.2) is 0 Å². The molecule has 1 fully saturated rings. The normalized spacial score (nSPS) is 15.7. The highest BCUT2D eigenvalue weighted by Crippen LogP contribution is 2.34. The largest absolute Gasteiger partial charge is 0.329 e. The van der Waals surface area contributed by atoms with Crippen molar-refractivity contribution in [3.05, 3.63) is 53.4 Å². The van der Waals surface area contributed by atoms with E-state index in [1.54, 1.807) is 11.3 Å². The van der Waals surface area contributed by atoms with Gasteiger partial charge < -0.3 is 0 Å². The highest BCUT2D eigenvalue weighted by Gasteiger charge is 2.25. The zero-order valence-corrected chi connectivity index (χ0v) is 13.4. The lowest BCUT2D eigenvalue weighted by Gasteiger charge is -2.13. The molecule has 1 aliphatic carbocycles. The third-order valence-electron chi connectivity index (χ3n) is 4.21. The Bertz CT molecular complexity index is 769. The smallest absolute Gasteiger partial charge is 0.297 e. The lowest BCUT2D eigenvalue weighted by Crippen LogP contribution is -2.38. The van der Waals surface area contributed by atoms with Crippen molar-refractivity contribution < 1.29 is 0 Å². The first kappa shape index (κ1) is 14.6. The number of aromatic nitrogens is 2. The van der Waals surface area contributed by atoms with Crippen molar-refractivity contribution in [2.24, 2.45) is 0 Å². The van der Waals surface area contributed by atoms with Crippen LogP contribution in [0.2, 0.25) is 5.15 Å². The summed E-state index contributed by atoms with van der Waals surface area (Å²) in [5.74, 6) is 0.178. The van der Waals surface area contributed by atoms with E-state index in [2.05, 4.69) is 4.98 Å². The first-order valence-corrected chi connectivity index (χ1v) is 8.39. The Labute approximate surface area is 131 Å². The SMILES string of the molecule is Cc1ccsc1Cn1c(=O)[nH]c(Cl)c(C2CCCC2)c1=O. The first-order chi connectivity index (χ1) is 10.1. The predicted octanol–water partition coefficient (Wildman–Crippen LogP) is 3.27. The standard InChI is InChI=1S/C15H17ClN2O2S/c1-9-6-7-21-11(9)8-18-14(19)12(10-4-2-3-5-10)13(16)17-15(18)20/h6-7,10H,2-5,8H2,1H3,(H,17,20). The molecule has 1 saturated carbocycles. The quantitative estimate of drug-likeness (QED) is 0.881. The van der Waals surface area contributed by atoms with Crippen molar-refractivity contribution in [2.75, 3.05) is 0 Å². The van der Waals surface area contributed by atoms with Crippen LogP contribution in [-0.4, -0.2) is 9.55 Å². The molecular formula is C15H17ClN2O2S. The number of rotatable bonds is 3. The van der Waals surface area contributed by atoms with Gasteiger partial charge in [0.05, 0.1) is 12.1 Å². The van der Waals surface area contributed by atoms with Crippen LogP contribution in [0.4, 0.5) is 0 Å². The number of hydrogen-bond donors (Lipinski definition) is 1. The number of aryl methyl sites for hydroxylation is 1. The lowest BCUT2D eigenvalue weighted by molar-refractivity contribution is 0.643. The maximum Gasteiger partial charge on any atom is 0.329 e. The van der Waals surface area contributed by atoms with Crippen molar-refractivity contribution in [1.29, 1.82) is 0 Å². The maximum atomic E-state index is 12.7. The zero-order valence-electron chi connectivity index (χ0n) is 11.8. The zero-order chi connectivity index (χ0) is 15.0. The third-order valence-corrected chi connectivity index (χ3v) is 5.51. The molecule has 0 aromatic carbocycles. The van der Waals surface area contributed by atoms with E-state index < -0.39 is 5.69 Å². The molecule has 0 saturated heterocycles. The second kappa shape index (κ2) is 5.81. The summed E-state index contributed by atoms with van der Waals surface area (Å²) in [6, 6.07) is 1.99. The van der Waals surface area contributed by atoms with E-state index in [1.807, 2.05) is 18.4 Å². The van der Waals surface area contributed by atoms with Crippen molar-refractivity contribution in [3.8, 4) is 0 Å². The highest BCUT2D eigenvalue weighted by molar-refractivity contribution is 7.10. The van der Waals surface area contributed by atoms with Crippen LogP contribution in [0.1, 0.15) is 47.6 Å². The molecular weight excluding hydrogens is 308 g/mol. The molecule has 0 atom stereocenters. The summed E-state index contributed by atoms with van der Waals surface area (Å²) in [7, 11) is 0. The number of hydrogen-bond acceptors (Lipinski definition) is 3. The van der Waals surface area contributed by atoms with Gasteiger partial charge in [0.1, 0.15) is 5.15 Å². The van der Waals surface area contributed by atoms with Crippen LogP contribution >= 0.6 is 22.9 Å². The van der Waals surface area contributed by atoms with Gasteiger partial charge in [-0.05, 0) is 42.7 Å². The van der Waals surface area contributed by atoms with Crippen LogP contribution in [0, 0.1) is 6.92 Å². The van der Waals surface area contributed by atoms with Crippen LogP contribution in [0.15, 0.2) is 21.0 Å². The molecule has 0 spiro atoms. The third kappa shape index (κ3) is 2.72. The minimum Gasteiger partial charge on any atom is -0.297 e. The molecule has 0 amide bonds. The average Bonchev–Trinajstić information content (AvgIpc) is 3.07. The second-order valence-corrected chi connectivity index (χ2v) is 6.94. The number of H-pyrrole nitrogens is 1. The number of halogens is 1. The minimum absolute atomic E-state index is 0.178. The average molecular weight is 325 g/mol. The van der Waals surface area contributed by atoms with Crippen LogP contribution in [0.3, 0.4) is 0 Å². The number of aromatic amines is 1. The van der Waals surface area contributed by atoms with Gasteiger partial charge in [0.25, 0.3) is 5.56 Å². The minimum atomic E-state index is -0.431. The molecule has 6 heteroatoms. The van der Waals surface area contributed by atoms with Gasteiger partial charge in [-0.25, -0.2) is 4.79 Å². The Balaban J connectivity index is 2.08. The summed E-state index contributed by atoms with van der Waals surface area (Å²) in [6.45, 7) is 2.30. The second-order valence-electron chi connectivity index (χ2n) is 5.56.